The Morgan fingerprint density at radius 2 is 1.80 bits per heavy atom. The Hall–Kier alpha value is -0.780. The summed E-state index contributed by atoms with van der Waals surface area (Å²) in [6.45, 7) is 9.07. The van der Waals surface area contributed by atoms with Crippen molar-refractivity contribution >= 4 is 27.3 Å². The van der Waals surface area contributed by atoms with E-state index >= 15 is 0 Å². The van der Waals surface area contributed by atoms with Crippen LogP contribution in [0.5, 0.6) is 0 Å². The second-order valence-corrected chi connectivity index (χ2v) is 8.71. The van der Waals surface area contributed by atoms with Gasteiger partial charge in [-0.15, -0.1) is 0 Å². The minimum Gasteiger partial charge on any atom is -0.397 e. The van der Waals surface area contributed by atoms with E-state index in [1.54, 1.807) is 0 Å². The van der Waals surface area contributed by atoms with Gasteiger partial charge in [-0.3, -0.25) is 0 Å². The van der Waals surface area contributed by atoms with Crippen LogP contribution in [-0.2, 0) is 10.0 Å². The molecule has 1 aromatic carbocycles. The van der Waals surface area contributed by atoms with Gasteiger partial charge >= 0.3 is 0 Å². The predicted molar refractivity (Wildman–Crippen MR) is 82.1 cm³/mol. The Labute approximate surface area is 125 Å². The summed E-state index contributed by atoms with van der Waals surface area (Å²) in [5, 5.41) is 0.355. The molecule has 0 aliphatic heterocycles. The molecule has 0 radical (unpaired) electrons. The topological polar surface area (TPSA) is 72.2 Å². The first-order valence-corrected chi connectivity index (χ1v) is 8.41. The third-order valence-corrected chi connectivity index (χ3v) is 6.84. The van der Waals surface area contributed by atoms with Crippen LogP contribution in [0, 0.1) is 16.7 Å². The van der Waals surface area contributed by atoms with Gasteiger partial charge in [-0.05, 0) is 34.9 Å². The van der Waals surface area contributed by atoms with Crippen molar-refractivity contribution in [1.29, 1.82) is 0 Å². The average Bonchev–Trinajstić information content (AvgIpc) is 2.70. The van der Waals surface area contributed by atoms with Gasteiger partial charge in [-0.25, -0.2) is 13.1 Å². The Morgan fingerprint density at radius 3 is 2.25 bits per heavy atom. The van der Waals surface area contributed by atoms with Crippen molar-refractivity contribution in [1.82, 2.24) is 4.72 Å². The van der Waals surface area contributed by atoms with Gasteiger partial charge in [0, 0.05) is 6.54 Å². The van der Waals surface area contributed by atoms with Crippen LogP contribution < -0.4 is 10.5 Å². The quantitative estimate of drug-likeness (QED) is 0.839. The molecule has 4 nitrogen and oxygen atoms in total. The Kier molecular flexibility index (Phi) is 3.60. The molecule has 1 saturated carbocycles. The third kappa shape index (κ3) is 2.43. The number of halogens is 1. The van der Waals surface area contributed by atoms with Crippen molar-refractivity contribution in [3.8, 4) is 0 Å². The molecule has 2 rings (SSSR count). The highest BCUT2D eigenvalue weighted by molar-refractivity contribution is 7.89. The first kappa shape index (κ1) is 15.6. The van der Waals surface area contributed by atoms with E-state index in [9.17, 15) is 8.42 Å². The maximum atomic E-state index is 12.2. The molecule has 20 heavy (non-hydrogen) atoms. The second kappa shape index (κ2) is 4.61. The van der Waals surface area contributed by atoms with Crippen molar-refractivity contribution in [2.24, 2.45) is 16.7 Å². The molecule has 0 saturated heterocycles. The van der Waals surface area contributed by atoms with Crippen LogP contribution in [0.1, 0.15) is 27.7 Å². The summed E-state index contributed by atoms with van der Waals surface area (Å²) in [5.74, 6) is 0.328. The molecule has 1 aromatic rings. The van der Waals surface area contributed by atoms with Crippen LogP contribution in [0.3, 0.4) is 0 Å². The van der Waals surface area contributed by atoms with E-state index in [1.807, 2.05) is 0 Å². The fraction of sp³-hybridized carbons (Fsp3) is 0.571. The highest BCUT2D eigenvalue weighted by Crippen LogP contribution is 2.67. The first-order chi connectivity index (χ1) is 9.00. The number of nitrogen functional groups attached to an aromatic ring is 1. The lowest BCUT2D eigenvalue weighted by molar-refractivity contribution is 0.457. The van der Waals surface area contributed by atoms with Gasteiger partial charge in [-0.1, -0.05) is 39.3 Å². The van der Waals surface area contributed by atoms with Gasteiger partial charge in [0.25, 0.3) is 0 Å². The van der Waals surface area contributed by atoms with Crippen molar-refractivity contribution in [2.75, 3.05) is 12.3 Å². The minimum atomic E-state index is -3.54. The van der Waals surface area contributed by atoms with Crippen molar-refractivity contribution in [2.45, 2.75) is 32.6 Å². The second-order valence-electron chi connectivity index (χ2n) is 6.53. The first-order valence-electron chi connectivity index (χ1n) is 6.55. The highest BCUT2D eigenvalue weighted by atomic mass is 35.5. The zero-order valence-corrected chi connectivity index (χ0v) is 13.8. The molecular weight excluding hydrogens is 296 g/mol. The fourth-order valence-corrected chi connectivity index (χ4v) is 4.01. The van der Waals surface area contributed by atoms with Crippen molar-refractivity contribution < 1.29 is 8.42 Å². The average molecular weight is 317 g/mol. The van der Waals surface area contributed by atoms with Crippen LogP contribution in [0.2, 0.25) is 5.02 Å². The molecule has 0 bridgehead atoms. The molecule has 1 fully saturated rings. The zero-order valence-electron chi connectivity index (χ0n) is 12.2. The molecule has 0 spiro atoms. The SMILES string of the molecule is CC1(C)C(CNS(=O)(=O)c2ccc(Cl)c(N)c2)C1(C)C. The standard InChI is InChI=1S/C14H21ClN2O2S/c1-13(2)12(14(13,3)4)8-17-20(18,19)9-5-6-10(15)11(16)7-9/h5-7,12,17H,8,16H2,1-4H3. The van der Waals surface area contributed by atoms with Gasteiger partial charge < -0.3 is 5.73 Å². The van der Waals surface area contributed by atoms with Crippen molar-refractivity contribution in [3.63, 3.8) is 0 Å². The molecule has 0 unspecified atom stereocenters. The lowest BCUT2D eigenvalue weighted by atomic mass is 10.0. The van der Waals surface area contributed by atoms with E-state index in [0.29, 0.717) is 17.5 Å². The molecule has 0 aromatic heterocycles. The van der Waals surface area contributed by atoms with E-state index in [0.717, 1.165) is 0 Å². The number of anilines is 1. The van der Waals surface area contributed by atoms with Crippen LogP contribution >= 0.6 is 11.6 Å². The summed E-state index contributed by atoms with van der Waals surface area (Å²) >= 11 is 5.80. The molecule has 0 heterocycles. The molecule has 0 atom stereocenters. The molecule has 1 aliphatic carbocycles. The van der Waals surface area contributed by atoms with Crippen LogP contribution in [-0.4, -0.2) is 15.0 Å². The molecular formula is C14H21ClN2O2S. The Bertz CT molecular complexity index is 625. The van der Waals surface area contributed by atoms with Gasteiger partial charge in [0.05, 0.1) is 15.6 Å². The van der Waals surface area contributed by atoms with Crippen LogP contribution in [0.25, 0.3) is 0 Å². The van der Waals surface area contributed by atoms with E-state index < -0.39 is 10.0 Å². The lowest BCUT2D eigenvalue weighted by Crippen LogP contribution is -2.27. The van der Waals surface area contributed by atoms with Gasteiger partial charge in [0.2, 0.25) is 10.0 Å². The number of rotatable bonds is 4. The summed E-state index contributed by atoms with van der Waals surface area (Å²) < 4.78 is 27.1. The number of hydrogen-bond donors (Lipinski definition) is 2. The minimum absolute atomic E-state index is 0.147. The maximum Gasteiger partial charge on any atom is 0.240 e. The molecule has 3 N–H and O–H groups in total. The monoisotopic (exact) mass is 316 g/mol. The Balaban J connectivity index is 2.11. The molecule has 6 heteroatoms. The summed E-state index contributed by atoms with van der Waals surface area (Å²) in [6, 6.07) is 4.34. The lowest BCUT2D eigenvalue weighted by Gasteiger charge is -2.09. The van der Waals surface area contributed by atoms with Gasteiger partial charge in [0.1, 0.15) is 0 Å². The van der Waals surface area contributed by atoms with Crippen LogP contribution in [0.15, 0.2) is 23.1 Å². The summed E-state index contributed by atoms with van der Waals surface area (Å²) in [5.41, 5.74) is 6.21. The predicted octanol–water partition coefficient (Wildman–Crippen LogP) is 2.88. The van der Waals surface area contributed by atoms with Gasteiger partial charge in [0.15, 0.2) is 0 Å². The summed E-state index contributed by atoms with van der Waals surface area (Å²) in [7, 11) is -3.54. The number of nitrogens with one attached hydrogen (secondary N) is 1. The van der Waals surface area contributed by atoms with E-state index in [1.165, 1.54) is 18.2 Å². The summed E-state index contributed by atoms with van der Waals surface area (Å²) in [4.78, 5) is 0.149. The Morgan fingerprint density at radius 1 is 1.25 bits per heavy atom. The van der Waals surface area contributed by atoms with E-state index in [2.05, 4.69) is 32.4 Å². The number of hydrogen-bond acceptors (Lipinski definition) is 3. The van der Waals surface area contributed by atoms with E-state index in [4.69, 9.17) is 17.3 Å². The number of sulfonamides is 1. The summed E-state index contributed by atoms with van der Waals surface area (Å²) in [6.07, 6.45) is 0. The number of nitrogens with two attached hydrogens (primary N) is 1. The highest BCUT2D eigenvalue weighted by Gasteiger charge is 2.64. The maximum absolute atomic E-state index is 12.2. The number of benzene rings is 1. The molecule has 0 amide bonds. The fourth-order valence-electron chi connectivity index (χ4n) is 2.81. The smallest absolute Gasteiger partial charge is 0.240 e. The van der Waals surface area contributed by atoms with E-state index in [-0.39, 0.29) is 21.4 Å². The van der Waals surface area contributed by atoms with Crippen molar-refractivity contribution in [3.05, 3.63) is 23.2 Å². The normalized spacial score (nSPS) is 20.9. The molecule has 112 valence electrons. The zero-order chi connectivity index (χ0) is 15.3. The van der Waals surface area contributed by atoms with Crippen LogP contribution in [0.4, 0.5) is 5.69 Å². The largest absolute Gasteiger partial charge is 0.397 e. The molecule has 1 aliphatic rings. The van der Waals surface area contributed by atoms with Gasteiger partial charge in [-0.2, -0.15) is 0 Å². The third-order valence-electron chi connectivity index (χ3n) is 5.07.